The summed E-state index contributed by atoms with van der Waals surface area (Å²) in [4.78, 5) is 0. The van der Waals surface area contributed by atoms with Crippen LogP contribution in [0.3, 0.4) is 0 Å². The third-order valence-electron chi connectivity index (χ3n) is 8.85. The Balaban J connectivity index is 1.53. The molecular weight excluding hydrogens is 520 g/mol. The molecule has 0 saturated carbocycles. The van der Waals surface area contributed by atoms with Crippen molar-refractivity contribution in [3.8, 4) is 33.4 Å². The number of rotatable bonds is 3. The van der Waals surface area contributed by atoms with Crippen LogP contribution in [0.1, 0.15) is 0 Å². The summed E-state index contributed by atoms with van der Waals surface area (Å²) in [7, 11) is 0. The molecule has 0 aliphatic rings. The third kappa shape index (κ3) is 3.58. The molecule has 0 unspecified atom stereocenters. The molecule has 1 nitrogen and oxygen atoms in total. The van der Waals surface area contributed by atoms with E-state index in [1.54, 1.807) is 0 Å². The predicted molar refractivity (Wildman–Crippen MR) is 183 cm³/mol. The fourth-order valence-electron chi connectivity index (χ4n) is 6.98. The van der Waals surface area contributed by atoms with Crippen molar-refractivity contribution in [2.24, 2.45) is 0 Å². The molecule has 0 radical (unpaired) electrons. The molecule has 1 aromatic heterocycles. The summed E-state index contributed by atoms with van der Waals surface area (Å²) < 4.78 is 7.16. The fourth-order valence-corrected chi connectivity index (χ4v) is 6.98. The van der Waals surface area contributed by atoms with Crippen LogP contribution >= 0.6 is 0 Å². The average Bonchev–Trinajstić information content (AvgIpc) is 3.47. The van der Waals surface area contributed by atoms with E-state index in [1.807, 2.05) is 0 Å². The van der Waals surface area contributed by atoms with Crippen LogP contribution in [0.2, 0.25) is 0 Å². The molecule has 9 aromatic rings. The topological polar surface area (TPSA) is 13.1 Å². The maximum atomic E-state index is 7.16. The summed E-state index contributed by atoms with van der Waals surface area (Å²) in [5.41, 5.74) is 8.87. The highest BCUT2D eigenvalue weighted by Gasteiger charge is 2.24. The number of fused-ring (bicyclic) bond motifs is 10. The molecule has 0 N–H and O–H groups in total. The van der Waals surface area contributed by atoms with Gasteiger partial charge in [0, 0.05) is 27.3 Å². The Hall–Kier alpha value is -5.66. The molecule has 0 bridgehead atoms. The lowest BCUT2D eigenvalue weighted by Gasteiger charge is -2.17. The van der Waals surface area contributed by atoms with E-state index in [0.717, 1.165) is 33.1 Å². The Morgan fingerprint density at radius 1 is 0.302 bits per heavy atom. The Morgan fingerprint density at radius 3 is 1.35 bits per heavy atom. The second-order valence-electron chi connectivity index (χ2n) is 11.2. The number of benzene rings is 8. The molecule has 8 aromatic carbocycles. The SMILES string of the molecule is c1ccc(-c2cc3c(oc4c3ccc3c5ccccc5c5ccccc5c34)c(-c3ccccc3)c2-c2ccccc2)cc1. The normalized spacial score (nSPS) is 11.7. The van der Waals surface area contributed by atoms with Crippen LogP contribution in [-0.4, -0.2) is 0 Å². The first kappa shape index (κ1) is 24.0. The quantitative estimate of drug-likeness (QED) is 0.201. The molecule has 43 heavy (non-hydrogen) atoms. The van der Waals surface area contributed by atoms with Gasteiger partial charge in [0.15, 0.2) is 0 Å². The van der Waals surface area contributed by atoms with Crippen molar-refractivity contribution >= 4 is 54.3 Å². The van der Waals surface area contributed by atoms with E-state index >= 15 is 0 Å². The highest BCUT2D eigenvalue weighted by Crippen LogP contribution is 2.49. The first-order chi connectivity index (χ1) is 21.4. The van der Waals surface area contributed by atoms with Gasteiger partial charge in [0.05, 0.1) is 0 Å². The highest BCUT2D eigenvalue weighted by molar-refractivity contribution is 6.33. The van der Waals surface area contributed by atoms with E-state index < -0.39 is 0 Å². The maximum Gasteiger partial charge on any atom is 0.143 e. The van der Waals surface area contributed by atoms with E-state index in [-0.39, 0.29) is 0 Å². The van der Waals surface area contributed by atoms with E-state index in [0.29, 0.717) is 0 Å². The van der Waals surface area contributed by atoms with Crippen molar-refractivity contribution in [1.82, 2.24) is 0 Å². The van der Waals surface area contributed by atoms with Gasteiger partial charge >= 0.3 is 0 Å². The molecule has 0 spiro atoms. The Morgan fingerprint density at radius 2 is 0.744 bits per heavy atom. The standard InChI is InChI=1S/C42H26O/c1-4-14-27(15-5-1)36-26-37-35-25-24-34-32-22-11-10-20-30(32)31-21-12-13-23-33(31)40(34)41(35)43-42(37)39(29-18-8-3-9-19-29)38(36)28-16-6-2-7-17-28/h1-26H. The Bertz CT molecular complexity index is 2430. The van der Waals surface area contributed by atoms with Gasteiger partial charge in [-0.25, -0.2) is 0 Å². The summed E-state index contributed by atoms with van der Waals surface area (Å²) in [6, 6.07) is 56.5. The van der Waals surface area contributed by atoms with Crippen LogP contribution < -0.4 is 0 Å². The molecule has 0 amide bonds. The van der Waals surface area contributed by atoms with Gasteiger partial charge in [0.1, 0.15) is 11.2 Å². The predicted octanol–water partition coefficient (Wildman–Crippen LogP) is 12.0. The maximum absolute atomic E-state index is 7.16. The summed E-state index contributed by atoms with van der Waals surface area (Å²) in [5, 5.41) is 9.63. The van der Waals surface area contributed by atoms with E-state index in [4.69, 9.17) is 4.42 Å². The largest absolute Gasteiger partial charge is 0.455 e. The molecule has 0 atom stereocenters. The van der Waals surface area contributed by atoms with Crippen LogP contribution in [-0.2, 0) is 0 Å². The summed E-state index contributed by atoms with van der Waals surface area (Å²) in [5.74, 6) is 0. The number of hydrogen-bond donors (Lipinski definition) is 0. The van der Waals surface area contributed by atoms with Crippen LogP contribution in [0.15, 0.2) is 162 Å². The lowest BCUT2D eigenvalue weighted by Crippen LogP contribution is -1.91. The van der Waals surface area contributed by atoms with E-state index in [2.05, 4.69) is 158 Å². The Kier molecular flexibility index (Phi) is 5.27. The van der Waals surface area contributed by atoms with Gasteiger partial charge in [0.25, 0.3) is 0 Å². The van der Waals surface area contributed by atoms with Crippen molar-refractivity contribution in [2.75, 3.05) is 0 Å². The molecule has 200 valence electrons. The van der Waals surface area contributed by atoms with Crippen molar-refractivity contribution < 1.29 is 4.42 Å². The Labute approximate surface area is 249 Å². The van der Waals surface area contributed by atoms with Gasteiger partial charge in [0.2, 0.25) is 0 Å². The first-order valence-corrected chi connectivity index (χ1v) is 14.8. The summed E-state index contributed by atoms with van der Waals surface area (Å²) in [6.45, 7) is 0. The van der Waals surface area contributed by atoms with Gasteiger partial charge in [-0.05, 0) is 61.3 Å². The lowest BCUT2D eigenvalue weighted by atomic mass is 9.85. The zero-order chi connectivity index (χ0) is 28.3. The highest BCUT2D eigenvalue weighted by atomic mass is 16.3. The molecular formula is C42H26O. The molecule has 0 fully saturated rings. The fraction of sp³-hybridized carbons (Fsp3) is 0. The van der Waals surface area contributed by atoms with Crippen molar-refractivity contribution in [3.05, 3.63) is 158 Å². The van der Waals surface area contributed by atoms with Crippen LogP contribution in [0.4, 0.5) is 0 Å². The van der Waals surface area contributed by atoms with Crippen LogP contribution in [0.25, 0.3) is 87.6 Å². The molecule has 9 rings (SSSR count). The smallest absolute Gasteiger partial charge is 0.143 e. The number of hydrogen-bond acceptors (Lipinski definition) is 1. The van der Waals surface area contributed by atoms with Crippen LogP contribution in [0, 0.1) is 0 Å². The minimum Gasteiger partial charge on any atom is -0.455 e. The monoisotopic (exact) mass is 546 g/mol. The molecule has 1 heteroatoms. The number of furan rings is 1. The first-order valence-electron chi connectivity index (χ1n) is 14.8. The second kappa shape index (κ2) is 9.44. The molecule has 1 heterocycles. The molecule has 0 aliphatic carbocycles. The van der Waals surface area contributed by atoms with Crippen molar-refractivity contribution in [2.45, 2.75) is 0 Å². The zero-order valence-corrected chi connectivity index (χ0v) is 23.4. The van der Waals surface area contributed by atoms with Gasteiger partial charge in [-0.2, -0.15) is 0 Å². The second-order valence-corrected chi connectivity index (χ2v) is 11.2. The van der Waals surface area contributed by atoms with Crippen molar-refractivity contribution in [3.63, 3.8) is 0 Å². The minimum absolute atomic E-state index is 0.921. The molecule has 0 saturated heterocycles. The lowest BCUT2D eigenvalue weighted by molar-refractivity contribution is 0.674. The average molecular weight is 547 g/mol. The van der Waals surface area contributed by atoms with E-state index in [9.17, 15) is 0 Å². The van der Waals surface area contributed by atoms with Crippen molar-refractivity contribution in [1.29, 1.82) is 0 Å². The summed E-state index contributed by atoms with van der Waals surface area (Å²) >= 11 is 0. The van der Waals surface area contributed by atoms with Gasteiger partial charge in [-0.15, -0.1) is 0 Å². The van der Waals surface area contributed by atoms with Gasteiger partial charge in [-0.3, -0.25) is 0 Å². The zero-order valence-electron chi connectivity index (χ0n) is 23.4. The van der Waals surface area contributed by atoms with Crippen LogP contribution in [0.5, 0.6) is 0 Å². The third-order valence-corrected chi connectivity index (χ3v) is 8.85. The van der Waals surface area contributed by atoms with Gasteiger partial charge < -0.3 is 4.42 Å². The summed E-state index contributed by atoms with van der Waals surface area (Å²) in [6.07, 6.45) is 0. The minimum atomic E-state index is 0.921. The van der Waals surface area contributed by atoms with Gasteiger partial charge in [-0.1, -0.05) is 146 Å². The molecule has 0 aliphatic heterocycles. The van der Waals surface area contributed by atoms with E-state index in [1.165, 1.54) is 54.6 Å².